The monoisotopic (exact) mass is 354 g/mol. The number of amides is 2. The van der Waals surface area contributed by atoms with Crippen molar-refractivity contribution in [3.63, 3.8) is 0 Å². The number of fused-ring (bicyclic) bond motifs is 1. The summed E-state index contributed by atoms with van der Waals surface area (Å²) in [4.78, 5) is 24.3. The number of rotatable bonds is 3. The lowest BCUT2D eigenvalue weighted by molar-refractivity contribution is 0.0845. The van der Waals surface area contributed by atoms with Gasteiger partial charge in [-0.25, -0.2) is 4.39 Å². The Hall–Kier alpha value is -3.61. The van der Waals surface area contributed by atoms with Crippen LogP contribution in [0.2, 0.25) is 0 Å². The number of benzene rings is 3. The van der Waals surface area contributed by atoms with E-state index in [1.807, 2.05) is 6.07 Å². The normalized spacial score (nSPS) is 10.4. The quantitative estimate of drug-likeness (QED) is 0.631. The van der Waals surface area contributed by atoms with Crippen LogP contribution in [0.25, 0.3) is 10.8 Å². The highest BCUT2D eigenvalue weighted by molar-refractivity contribution is 6.03. The third-order valence-electron chi connectivity index (χ3n) is 3.81. The Morgan fingerprint density at radius 2 is 1.62 bits per heavy atom. The molecule has 0 aliphatic carbocycles. The van der Waals surface area contributed by atoms with Gasteiger partial charge in [0.25, 0.3) is 11.8 Å². The smallest absolute Gasteiger partial charge is 0.273 e. The van der Waals surface area contributed by atoms with Crippen molar-refractivity contribution in [2.45, 2.75) is 0 Å². The zero-order chi connectivity index (χ0) is 18.7. The SMILES string of the molecule is COc1ccc(C(=O)NNC(=O)c2cc3ccccc3cc2O)cc1F. The molecule has 0 aliphatic rings. The Morgan fingerprint density at radius 1 is 0.962 bits per heavy atom. The van der Waals surface area contributed by atoms with E-state index in [1.165, 1.54) is 31.4 Å². The highest BCUT2D eigenvalue weighted by atomic mass is 19.1. The van der Waals surface area contributed by atoms with Gasteiger partial charge in [-0.2, -0.15) is 0 Å². The first-order chi connectivity index (χ1) is 12.5. The number of nitrogens with one attached hydrogen (secondary N) is 2. The Bertz CT molecular complexity index is 1000. The van der Waals surface area contributed by atoms with Crippen molar-refractivity contribution in [1.82, 2.24) is 10.9 Å². The maximum absolute atomic E-state index is 13.7. The minimum Gasteiger partial charge on any atom is -0.507 e. The highest BCUT2D eigenvalue weighted by Gasteiger charge is 2.15. The fourth-order valence-corrected chi connectivity index (χ4v) is 2.47. The Morgan fingerprint density at radius 3 is 2.27 bits per heavy atom. The molecule has 26 heavy (non-hydrogen) atoms. The lowest BCUT2D eigenvalue weighted by atomic mass is 10.1. The van der Waals surface area contributed by atoms with E-state index in [2.05, 4.69) is 10.9 Å². The minimum absolute atomic E-state index is 0.00455. The molecule has 6 nitrogen and oxygen atoms in total. The average Bonchev–Trinajstić information content (AvgIpc) is 2.65. The summed E-state index contributed by atoms with van der Waals surface area (Å²) in [7, 11) is 1.31. The van der Waals surface area contributed by atoms with Crippen molar-refractivity contribution in [3.8, 4) is 11.5 Å². The number of aromatic hydroxyl groups is 1. The van der Waals surface area contributed by atoms with E-state index in [-0.39, 0.29) is 22.6 Å². The second kappa shape index (κ2) is 7.10. The predicted octanol–water partition coefficient (Wildman–Crippen LogP) is 2.77. The van der Waals surface area contributed by atoms with Crippen molar-refractivity contribution in [2.75, 3.05) is 7.11 Å². The summed E-state index contributed by atoms with van der Waals surface area (Å²) >= 11 is 0. The maximum Gasteiger partial charge on any atom is 0.273 e. The number of carbonyl (C=O) groups excluding carboxylic acids is 2. The summed E-state index contributed by atoms with van der Waals surface area (Å²) in [6.45, 7) is 0. The fraction of sp³-hybridized carbons (Fsp3) is 0.0526. The van der Waals surface area contributed by atoms with E-state index in [9.17, 15) is 19.1 Å². The molecule has 132 valence electrons. The van der Waals surface area contributed by atoms with Gasteiger partial charge >= 0.3 is 0 Å². The van der Waals surface area contributed by atoms with E-state index >= 15 is 0 Å². The molecule has 0 aromatic heterocycles. The third-order valence-corrected chi connectivity index (χ3v) is 3.81. The Kier molecular flexibility index (Phi) is 4.70. The highest BCUT2D eigenvalue weighted by Crippen LogP contribution is 2.24. The molecule has 3 rings (SSSR count). The number of halogens is 1. The molecule has 0 heterocycles. The van der Waals surface area contributed by atoms with Crippen LogP contribution in [0.15, 0.2) is 54.6 Å². The van der Waals surface area contributed by atoms with E-state index < -0.39 is 17.6 Å². The zero-order valence-electron chi connectivity index (χ0n) is 13.7. The standard InChI is InChI=1S/C19H15FN2O4/c1-26-17-7-6-13(9-15(17)20)18(24)21-22-19(25)14-8-11-4-2-3-5-12(11)10-16(14)23/h2-10,23H,1H3,(H,21,24)(H,22,25). The largest absolute Gasteiger partial charge is 0.507 e. The van der Waals surface area contributed by atoms with Crippen molar-refractivity contribution in [3.05, 3.63) is 71.5 Å². The van der Waals surface area contributed by atoms with Crippen LogP contribution >= 0.6 is 0 Å². The fourth-order valence-electron chi connectivity index (χ4n) is 2.47. The summed E-state index contributed by atoms with van der Waals surface area (Å²) in [5.41, 5.74) is 4.39. The predicted molar refractivity (Wildman–Crippen MR) is 93.5 cm³/mol. The van der Waals surface area contributed by atoms with Gasteiger partial charge in [-0.15, -0.1) is 0 Å². The first-order valence-corrected chi connectivity index (χ1v) is 7.65. The molecule has 0 saturated carbocycles. The van der Waals surface area contributed by atoms with Crippen LogP contribution in [-0.2, 0) is 0 Å². The second-order valence-corrected chi connectivity index (χ2v) is 5.47. The number of hydrogen-bond donors (Lipinski definition) is 3. The Balaban J connectivity index is 1.73. The molecule has 0 unspecified atom stereocenters. The van der Waals surface area contributed by atoms with Gasteiger partial charge in [0.15, 0.2) is 11.6 Å². The minimum atomic E-state index is -0.708. The molecule has 0 atom stereocenters. The third kappa shape index (κ3) is 3.41. The van der Waals surface area contributed by atoms with Gasteiger partial charge < -0.3 is 9.84 Å². The first-order valence-electron chi connectivity index (χ1n) is 7.65. The summed E-state index contributed by atoms with van der Waals surface area (Å²) in [6, 6.07) is 13.9. The van der Waals surface area contributed by atoms with Gasteiger partial charge in [0, 0.05) is 5.56 Å². The van der Waals surface area contributed by atoms with Gasteiger partial charge in [-0.3, -0.25) is 20.4 Å². The number of carbonyl (C=O) groups is 2. The molecular weight excluding hydrogens is 339 g/mol. The topological polar surface area (TPSA) is 87.7 Å². The molecule has 0 radical (unpaired) electrons. The van der Waals surface area contributed by atoms with Gasteiger partial charge in [-0.1, -0.05) is 24.3 Å². The average molecular weight is 354 g/mol. The maximum atomic E-state index is 13.7. The van der Waals surface area contributed by atoms with Crippen LogP contribution in [0.1, 0.15) is 20.7 Å². The molecule has 0 saturated heterocycles. The summed E-state index contributed by atoms with van der Waals surface area (Å²) in [6.07, 6.45) is 0. The molecule has 3 aromatic carbocycles. The lowest BCUT2D eigenvalue weighted by Crippen LogP contribution is -2.41. The molecule has 0 aliphatic heterocycles. The van der Waals surface area contributed by atoms with E-state index in [4.69, 9.17) is 4.74 Å². The van der Waals surface area contributed by atoms with Crippen molar-refractivity contribution in [2.24, 2.45) is 0 Å². The van der Waals surface area contributed by atoms with Crippen molar-refractivity contribution >= 4 is 22.6 Å². The van der Waals surface area contributed by atoms with Crippen LogP contribution in [-0.4, -0.2) is 24.0 Å². The van der Waals surface area contributed by atoms with Crippen LogP contribution in [0.5, 0.6) is 11.5 Å². The van der Waals surface area contributed by atoms with Gasteiger partial charge in [0.1, 0.15) is 5.75 Å². The van der Waals surface area contributed by atoms with Crippen LogP contribution in [0.4, 0.5) is 4.39 Å². The molecule has 0 bridgehead atoms. The molecular formula is C19H15FN2O4. The van der Waals surface area contributed by atoms with Crippen LogP contribution in [0, 0.1) is 5.82 Å². The summed E-state index contributed by atoms with van der Waals surface area (Å²) < 4.78 is 18.4. The van der Waals surface area contributed by atoms with Gasteiger partial charge in [0.05, 0.1) is 12.7 Å². The number of phenols is 1. The van der Waals surface area contributed by atoms with E-state index in [0.29, 0.717) is 0 Å². The van der Waals surface area contributed by atoms with Crippen molar-refractivity contribution in [1.29, 1.82) is 0 Å². The van der Waals surface area contributed by atoms with Gasteiger partial charge in [0.2, 0.25) is 0 Å². The number of ether oxygens (including phenoxy) is 1. The van der Waals surface area contributed by atoms with Crippen molar-refractivity contribution < 1.29 is 23.8 Å². The van der Waals surface area contributed by atoms with E-state index in [0.717, 1.165) is 16.8 Å². The van der Waals surface area contributed by atoms with E-state index in [1.54, 1.807) is 18.2 Å². The Labute approximate surface area is 148 Å². The first kappa shape index (κ1) is 17.2. The molecule has 7 heteroatoms. The molecule has 0 spiro atoms. The molecule has 3 aromatic rings. The molecule has 0 fully saturated rings. The zero-order valence-corrected chi connectivity index (χ0v) is 13.7. The second-order valence-electron chi connectivity index (χ2n) is 5.47. The van der Waals surface area contributed by atoms with Gasteiger partial charge in [-0.05, 0) is 41.1 Å². The number of hydrazine groups is 1. The summed E-state index contributed by atoms with van der Waals surface area (Å²) in [5.74, 6) is -2.31. The molecule has 3 N–H and O–H groups in total. The number of hydrogen-bond acceptors (Lipinski definition) is 4. The number of methoxy groups -OCH3 is 1. The lowest BCUT2D eigenvalue weighted by Gasteiger charge is -2.10. The summed E-state index contributed by atoms with van der Waals surface area (Å²) in [5, 5.41) is 11.6. The van der Waals surface area contributed by atoms with Crippen LogP contribution < -0.4 is 15.6 Å². The number of phenolic OH excluding ortho intramolecular Hbond substituents is 1. The molecule has 2 amide bonds. The van der Waals surface area contributed by atoms with Crippen LogP contribution in [0.3, 0.4) is 0 Å².